The highest BCUT2D eigenvalue weighted by Crippen LogP contribution is 2.30. The largest absolute Gasteiger partial charge is 0.487 e. The van der Waals surface area contributed by atoms with Crippen LogP contribution in [0.1, 0.15) is 11.1 Å². The molecule has 4 rings (SSSR count). The number of ether oxygens (including phenoxy) is 1. The van der Waals surface area contributed by atoms with Gasteiger partial charge in [-0.1, -0.05) is 72.8 Å². The van der Waals surface area contributed by atoms with Gasteiger partial charge in [0.05, 0.1) is 18.8 Å². The molecule has 0 radical (unpaired) electrons. The van der Waals surface area contributed by atoms with Crippen LogP contribution in [0.5, 0.6) is 5.75 Å². The first-order valence-corrected chi connectivity index (χ1v) is 9.58. The molecule has 5 heteroatoms. The maximum Gasteiger partial charge on any atom is 0.248 e. The predicted octanol–water partition coefficient (Wildman–Crippen LogP) is 3.64. The van der Waals surface area contributed by atoms with Gasteiger partial charge in [-0.3, -0.25) is 14.5 Å². The topological polar surface area (TPSA) is 49.9 Å². The lowest BCUT2D eigenvalue weighted by Crippen LogP contribution is -2.53. The molecular weight excluding hydrogens is 364 g/mol. The standard InChI is InChI=1S/C24H22N2O3/c27-23-16-25(15-19-9-3-1-4-10-19)17-24(28)26(23)21-13-7-8-14-22(21)29-18-20-11-5-2-6-12-20/h1-14H,15-18H2. The minimum absolute atomic E-state index is 0.188. The molecule has 5 nitrogen and oxygen atoms in total. The second-order valence-electron chi connectivity index (χ2n) is 7.00. The lowest BCUT2D eigenvalue weighted by molar-refractivity contribution is -0.132. The summed E-state index contributed by atoms with van der Waals surface area (Å²) in [5, 5.41) is 0. The first-order valence-electron chi connectivity index (χ1n) is 9.58. The smallest absolute Gasteiger partial charge is 0.248 e. The van der Waals surface area contributed by atoms with Crippen LogP contribution in [0.15, 0.2) is 84.9 Å². The molecule has 0 saturated carbocycles. The van der Waals surface area contributed by atoms with Gasteiger partial charge in [-0.25, -0.2) is 4.90 Å². The Hall–Kier alpha value is -3.44. The SMILES string of the molecule is O=C1CN(Cc2ccccc2)CC(=O)N1c1ccccc1OCc1ccccc1. The van der Waals surface area contributed by atoms with Gasteiger partial charge in [-0.15, -0.1) is 0 Å². The van der Waals surface area contributed by atoms with Crippen molar-refractivity contribution in [2.75, 3.05) is 18.0 Å². The number of imide groups is 1. The van der Waals surface area contributed by atoms with E-state index in [1.54, 1.807) is 12.1 Å². The van der Waals surface area contributed by atoms with Gasteiger partial charge in [0.2, 0.25) is 11.8 Å². The van der Waals surface area contributed by atoms with Gasteiger partial charge in [-0.2, -0.15) is 0 Å². The van der Waals surface area contributed by atoms with Crippen LogP contribution in [0.4, 0.5) is 5.69 Å². The summed E-state index contributed by atoms with van der Waals surface area (Å²) >= 11 is 0. The van der Waals surface area contributed by atoms with Crippen molar-refractivity contribution in [1.82, 2.24) is 4.90 Å². The third-order valence-electron chi connectivity index (χ3n) is 4.81. The van der Waals surface area contributed by atoms with E-state index in [4.69, 9.17) is 4.74 Å². The molecular formula is C24H22N2O3. The molecule has 0 atom stereocenters. The van der Waals surface area contributed by atoms with Crippen molar-refractivity contribution in [1.29, 1.82) is 0 Å². The molecule has 2 amide bonds. The summed E-state index contributed by atoms with van der Waals surface area (Å²) in [6.07, 6.45) is 0. The molecule has 0 spiro atoms. The first kappa shape index (κ1) is 18.9. The van der Waals surface area contributed by atoms with Crippen LogP contribution in [-0.2, 0) is 22.7 Å². The minimum atomic E-state index is -0.243. The number of piperazine rings is 1. The van der Waals surface area contributed by atoms with Crippen LogP contribution in [0.25, 0.3) is 0 Å². The first-order chi connectivity index (χ1) is 14.2. The minimum Gasteiger partial charge on any atom is -0.487 e. The highest BCUT2D eigenvalue weighted by molar-refractivity contribution is 6.18. The van der Waals surface area contributed by atoms with Gasteiger partial charge in [0, 0.05) is 6.54 Å². The summed E-state index contributed by atoms with van der Waals surface area (Å²) in [5.74, 6) is 0.0375. The zero-order chi connectivity index (χ0) is 20.1. The number of hydrogen-bond donors (Lipinski definition) is 0. The third-order valence-corrected chi connectivity index (χ3v) is 4.81. The van der Waals surface area contributed by atoms with Crippen LogP contribution in [-0.4, -0.2) is 29.8 Å². The number of carbonyl (C=O) groups is 2. The Morgan fingerprint density at radius 2 is 1.24 bits per heavy atom. The maximum atomic E-state index is 12.8. The van der Waals surface area contributed by atoms with Crippen LogP contribution in [0, 0.1) is 0 Å². The fourth-order valence-corrected chi connectivity index (χ4v) is 3.44. The van der Waals surface area contributed by atoms with Crippen LogP contribution < -0.4 is 9.64 Å². The third kappa shape index (κ3) is 4.52. The average Bonchev–Trinajstić information content (AvgIpc) is 2.74. The molecule has 3 aromatic rings. The molecule has 0 aliphatic carbocycles. The fraction of sp³-hybridized carbons (Fsp3) is 0.167. The highest BCUT2D eigenvalue weighted by atomic mass is 16.5. The summed E-state index contributed by atoms with van der Waals surface area (Å²) in [4.78, 5) is 28.8. The molecule has 0 bridgehead atoms. The zero-order valence-electron chi connectivity index (χ0n) is 16.0. The lowest BCUT2D eigenvalue weighted by Gasteiger charge is -2.33. The number of anilines is 1. The number of amides is 2. The zero-order valence-corrected chi connectivity index (χ0v) is 16.0. The fourth-order valence-electron chi connectivity index (χ4n) is 3.44. The molecule has 29 heavy (non-hydrogen) atoms. The molecule has 1 aliphatic heterocycles. The van der Waals surface area contributed by atoms with Crippen LogP contribution in [0.2, 0.25) is 0 Å². The Bertz CT molecular complexity index is 971. The summed E-state index contributed by atoms with van der Waals surface area (Å²) in [6, 6.07) is 26.8. The van der Waals surface area contributed by atoms with E-state index in [1.165, 1.54) is 4.90 Å². The summed E-state index contributed by atoms with van der Waals surface area (Å²) in [6.45, 7) is 1.31. The molecule has 1 aliphatic rings. The summed E-state index contributed by atoms with van der Waals surface area (Å²) in [5.41, 5.74) is 2.60. The van der Waals surface area contributed by atoms with E-state index in [1.807, 2.05) is 77.7 Å². The Morgan fingerprint density at radius 1 is 0.690 bits per heavy atom. The van der Waals surface area contributed by atoms with E-state index in [2.05, 4.69) is 0 Å². The molecule has 0 unspecified atom stereocenters. The molecule has 0 N–H and O–H groups in total. The summed E-state index contributed by atoms with van der Waals surface area (Å²) in [7, 11) is 0. The molecule has 1 heterocycles. The van der Waals surface area contributed by atoms with Gasteiger partial charge in [-0.05, 0) is 23.3 Å². The molecule has 1 saturated heterocycles. The lowest BCUT2D eigenvalue weighted by atomic mass is 10.1. The second-order valence-corrected chi connectivity index (χ2v) is 7.00. The van der Waals surface area contributed by atoms with Crippen molar-refractivity contribution < 1.29 is 14.3 Å². The predicted molar refractivity (Wildman–Crippen MR) is 111 cm³/mol. The molecule has 0 aromatic heterocycles. The van der Waals surface area contributed by atoms with Gasteiger partial charge in [0.25, 0.3) is 0 Å². The van der Waals surface area contributed by atoms with E-state index in [-0.39, 0.29) is 24.9 Å². The van der Waals surface area contributed by atoms with Crippen molar-refractivity contribution in [3.05, 3.63) is 96.1 Å². The van der Waals surface area contributed by atoms with Crippen LogP contribution >= 0.6 is 0 Å². The Labute approximate surface area is 170 Å². The van der Waals surface area contributed by atoms with Crippen molar-refractivity contribution in [3.63, 3.8) is 0 Å². The number of rotatable bonds is 6. The van der Waals surface area contributed by atoms with Crippen molar-refractivity contribution in [3.8, 4) is 5.75 Å². The van der Waals surface area contributed by atoms with E-state index in [0.717, 1.165) is 11.1 Å². The van der Waals surface area contributed by atoms with Crippen molar-refractivity contribution in [2.24, 2.45) is 0 Å². The second kappa shape index (κ2) is 8.71. The van der Waals surface area contributed by atoms with Gasteiger partial charge in [0.15, 0.2) is 0 Å². The Morgan fingerprint density at radius 3 is 1.90 bits per heavy atom. The Kier molecular flexibility index (Phi) is 5.68. The molecule has 3 aromatic carbocycles. The summed E-state index contributed by atoms with van der Waals surface area (Å²) < 4.78 is 5.94. The van der Waals surface area contributed by atoms with E-state index >= 15 is 0 Å². The molecule has 146 valence electrons. The van der Waals surface area contributed by atoms with Crippen LogP contribution in [0.3, 0.4) is 0 Å². The normalized spacial score (nSPS) is 14.8. The van der Waals surface area contributed by atoms with Gasteiger partial charge in [0.1, 0.15) is 12.4 Å². The number of benzene rings is 3. The van der Waals surface area contributed by atoms with E-state index in [0.29, 0.717) is 24.6 Å². The van der Waals surface area contributed by atoms with Crippen molar-refractivity contribution >= 4 is 17.5 Å². The highest BCUT2D eigenvalue weighted by Gasteiger charge is 2.33. The van der Waals surface area contributed by atoms with Gasteiger partial charge >= 0.3 is 0 Å². The van der Waals surface area contributed by atoms with Crippen molar-refractivity contribution in [2.45, 2.75) is 13.2 Å². The number of para-hydroxylation sites is 2. The number of nitrogens with zero attached hydrogens (tertiary/aromatic N) is 2. The number of hydrogen-bond acceptors (Lipinski definition) is 4. The number of carbonyl (C=O) groups excluding carboxylic acids is 2. The maximum absolute atomic E-state index is 12.8. The quantitative estimate of drug-likeness (QED) is 0.607. The van der Waals surface area contributed by atoms with E-state index < -0.39 is 0 Å². The van der Waals surface area contributed by atoms with Gasteiger partial charge < -0.3 is 4.74 Å². The van der Waals surface area contributed by atoms with E-state index in [9.17, 15) is 9.59 Å². The Balaban J connectivity index is 1.48. The monoisotopic (exact) mass is 386 g/mol. The molecule has 1 fully saturated rings. The average molecular weight is 386 g/mol.